The number of carboxylic acids is 1. The summed E-state index contributed by atoms with van der Waals surface area (Å²) in [5, 5.41) is 11.3. The minimum absolute atomic E-state index is 0.385. The number of hydrogen-bond donors (Lipinski definition) is 0. The molecule has 0 radical (unpaired) electrons. The van der Waals surface area contributed by atoms with Gasteiger partial charge in [-0.2, -0.15) is 0 Å². The second-order valence-electron chi connectivity index (χ2n) is 3.99. The number of carboxylic acid groups (broad SMARTS) is 1. The molecule has 0 unspecified atom stereocenters. The molecule has 0 N–H and O–H groups in total. The van der Waals surface area contributed by atoms with E-state index in [1.165, 1.54) is 13.0 Å². The molecule has 1 aromatic carbocycles. The third-order valence-electron chi connectivity index (χ3n) is 2.57. The van der Waals surface area contributed by atoms with E-state index < -0.39 is 17.7 Å². The summed E-state index contributed by atoms with van der Waals surface area (Å²) < 4.78 is 10.2. The smallest absolute Gasteiger partial charge is 0.336 e. The molecule has 18 heavy (non-hydrogen) atoms. The molecule has 94 valence electrons. The number of carbonyl (C=O) groups is 1. The molecule has 1 aromatic heterocycles. The van der Waals surface area contributed by atoms with Gasteiger partial charge >= 0.3 is 5.63 Å². The number of ether oxygens (including phenoxy) is 1. The fraction of sp³-hybridized carbons (Fsp3) is 0.231. The average molecular weight is 247 g/mol. The predicted octanol–water partition coefficient (Wildman–Crippen LogP) is 0.619. The van der Waals surface area contributed by atoms with Crippen LogP contribution < -0.4 is 15.5 Å². The van der Waals surface area contributed by atoms with E-state index in [9.17, 15) is 14.7 Å². The van der Waals surface area contributed by atoms with Gasteiger partial charge in [0.15, 0.2) is 0 Å². The van der Waals surface area contributed by atoms with Gasteiger partial charge in [-0.3, -0.25) is 0 Å². The van der Waals surface area contributed by atoms with Crippen LogP contribution in [-0.4, -0.2) is 12.1 Å². The summed E-state index contributed by atoms with van der Waals surface area (Å²) in [5.74, 6) is -0.900. The Labute approximate surface area is 103 Å². The Morgan fingerprint density at radius 3 is 2.78 bits per heavy atom. The number of benzene rings is 1. The molecule has 0 bridgehead atoms. The molecule has 1 atom stereocenters. The van der Waals surface area contributed by atoms with E-state index in [4.69, 9.17) is 9.15 Å². The Morgan fingerprint density at radius 1 is 1.39 bits per heavy atom. The predicted molar refractivity (Wildman–Crippen MR) is 62.3 cm³/mol. The van der Waals surface area contributed by atoms with Gasteiger partial charge in [0.05, 0.1) is 5.97 Å². The van der Waals surface area contributed by atoms with Gasteiger partial charge in [-0.15, -0.1) is 0 Å². The van der Waals surface area contributed by atoms with E-state index in [2.05, 4.69) is 0 Å². The number of aryl methyl sites for hydroxylation is 1. The lowest BCUT2D eigenvalue weighted by atomic mass is 10.1. The Hall–Kier alpha value is -2.30. The highest BCUT2D eigenvalue weighted by molar-refractivity contribution is 5.81. The van der Waals surface area contributed by atoms with Crippen LogP contribution in [-0.2, 0) is 4.79 Å². The van der Waals surface area contributed by atoms with E-state index in [0.717, 1.165) is 5.56 Å². The molecule has 5 nitrogen and oxygen atoms in total. The molecule has 5 heteroatoms. The van der Waals surface area contributed by atoms with Crippen molar-refractivity contribution in [1.29, 1.82) is 0 Å². The Bertz CT molecular complexity index is 656. The van der Waals surface area contributed by atoms with Gasteiger partial charge in [-0.05, 0) is 37.6 Å². The fourth-order valence-electron chi connectivity index (χ4n) is 1.62. The van der Waals surface area contributed by atoms with Gasteiger partial charge in [0.1, 0.15) is 17.4 Å². The Kier molecular flexibility index (Phi) is 3.06. The van der Waals surface area contributed by atoms with E-state index in [-0.39, 0.29) is 0 Å². The number of aliphatic carboxylic acids is 1. The van der Waals surface area contributed by atoms with Crippen LogP contribution in [0.3, 0.4) is 0 Å². The third-order valence-corrected chi connectivity index (χ3v) is 2.57. The van der Waals surface area contributed by atoms with Crippen molar-refractivity contribution in [1.82, 2.24) is 0 Å². The molecular formula is C13H11O5-. The second-order valence-corrected chi connectivity index (χ2v) is 3.99. The van der Waals surface area contributed by atoms with Gasteiger partial charge in [0.25, 0.3) is 0 Å². The van der Waals surface area contributed by atoms with Crippen LogP contribution in [0.5, 0.6) is 5.75 Å². The van der Waals surface area contributed by atoms with E-state index in [0.29, 0.717) is 16.7 Å². The summed E-state index contributed by atoms with van der Waals surface area (Å²) in [7, 11) is 0. The van der Waals surface area contributed by atoms with Gasteiger partial charge in [0.2, 0.25) is 0 Å². The van der Waals surface area contributed by atoms with Crippen LogP contribution in [0.2, 0.25) is 0 Å². The first kappa shape index (κ1) is 12.2. The van der Waals surface area contributed by atoms with Crippen LogP contribution in [0, 0.1) is 6.92 Å². The van der Waals surface area contributed by atoms with Gasteiger partial charge in [-0.1, -0.05) is 0 Å². The van der Waals surface area contributed by atoms with Crippen molar-refractivity contribution in [3.8, 4) is 5.75 Å². The lowest BCUT2D eigenvalue weighted by molar-refractivity contribution is -0.312. The molecule has 0 fully saturated rings. The van der Waals surface area contributed by atoms with Gasteiger partial charge in [-0.25, -0.2) is 4.79 Å². The van der Waals surface area contributed by atoms with Crippen molar-refractivity contribution in [3.05, 3.63) is 40.2 Å². The number of rotatable bonds is 3. The standard InChI is InChI=1S/C13H12O5/c1-7-5-12(14)18-11-4-3-9(6-10(7)11)17-8(2)13(15)16/h3-6,8H,1-2H3,(H,15,16)/p-1/t8-/m0/s1. The van der Waals surface area contributed by atoms with Crippen LogP contribution in [0.25, 0.3) is 11.0 Å². The molecule has 0 saturated heterocycles. The van der Waals surface area contributed by atoms with Crippen LogP contribution in [0.1, 0.15) is 12.5 Å². The second kappa shape index (κ2) is 4.52. The maximum Gasteiger partial charge on any atom is 0.336 e. The van der Waals surface area contributed by atoms with Crippen molar-refractivity contribution in [2.24, 2.45) is 0 Å². The molecule has 0 saturated carbocycles. The first-order chi connectivity index (χ1) is 8.47. The molecule has 0 amide bonds. The monoisotopic (exact) mass is 247 g/mol. The summed E-state index contributed by atoms with van der Waals surface area (Å²) in [5.41, 5.74) is 0.762. The maximum atomic E-state index is 11.2. The molecule has 2 aromatic rings. The van der Waals surface area contributed by atoms with Crippen molar-refractivity contribution in [2.75, 3.05) is 0 Å². The highest BCUT2D eigenvalue weighted by Gasteiger charge is 2.07. The lowest BCUT2D eigenvalue weighted by Gasteiger charge is -2.15. The zero-order valence-electron chi connectivity index (χ0n) is 9.93. The van der Waals surface area contributed by atoms with Gasteiger partial charge < -0.3 is 19.1 Å². The quantitative estimate of drug-likeness (QED) is 0.743. The average Bonchev–Trinajstić information content (AvgIpc) is 2.29. The zero-order chi connectivity index (χ0) is 13.3. The Morgan fingerprint density at radius 2 is 2.11 bits per heavy atom. The topological polar surface area (TPSA) is 79.6 Å². The minimum Gasteiger partial charge on any atom is -0.546 e. The summed E-state index contributed by atoms with van der Waals surface area (Å²) in [4.78, 5) is 21.8. The van der Waals surface area contributed by atoms with Gasteiger partial charge in [0, 0.05) is 11.5 Å². The molecule has 0 spiro atoms. The van der Waals surface area contributed by atoms with Crippen molar-refractivity contribution >= 4 is 16.9 Å². The van der Waals surface area contributed by atoms with Crippen molar-refractivity contribution < 1.29 is 19.1 Å². The third kappa shape index (κ3) is 2.34. The fourth-order valence-corrected chi connectivity index (χ4v) is 1.62. The van der Waals surface area contributed by atoms with Crippen LogP contribution in [0.15, 0.2) is 33.5 Å². The molecule has 0 aliphatic carbocycles. The summed E-state index contributed by atoms with van der Waals surface area (Å²) >= 11 is 0. The summed E-state index contributed by atoms with van der Waals surface area (Å²) in [6, 6.07) is 6.12. The molecule has 0 aliphatic rings. The number of hydrogen-bond acceptors (Lipinski definition) is 5. The SMILES string of the molecule is Cc1cc(=O)oc2ccc(O[C@@H](C)C(=O)[O-])cc12. The van der Waals surface area contributed by atoms with Crippen molar-refractivity contribution in [3.63, 3.8) is 0 Å². The highest BCUT2D eigenvalue weighted by Crippen LogP contribution is 2.23. The minimum atomic E-state index is -1.29. The first-order valence-corrected chi connectivity index (χ1v) is 5.39. The largest absolute Gasteiger partial charge is 0.546 e. The van der Waals surface area contributed by atoms with Crippen LogP contribution >= 0.6 is 0 Å². The molecular weight excluding hydrogens is 236 g/mol. The van der Waals surface area contributed by atoms with E-state index >= 15 is 0 Å². The highest BCUT2D eigenvalue weighted by atomic mass is 16.5. The first-order valence-electron chi connectivity index (χ1n) is 5.39. The zero-order valence-corrected chi connectivity index (χ0v) is 9.93. The van der Waals surface area contributed by atoms with E-state index in [1.807, 2.05) is 0 Å². The summed E-state index contributed by atoms with van der Waals surface area (Å²) in [6.45, 7) is 3.16. The van der Waals surface area contributed by atoms with Crippen molar-refractivity contribution in [2.45, 2.75) is 20.0 Å². The van der Waals surface area contributed by atoms with E-state index in [1.54, 1.807) is 25.1 Å². The number of carbonyl (C=O) groups excluding carboxylic acids is 1. The normalized spacial score (nSPS) is 12.3. The number of fused-ring (bicyclic) bond motifs is 1. The summed E-state index contributed by atoms with van der Waals surface area (Å²) in [6.07, 6.45) is -1.04. The maximum absolute atomic E-state index is 11.2. The Balaban J connectivity index is 2.44. The van der Waals surface area contributed by atoms with Crippen LogP contribution in [0.4, 0.5) is 0 Å². The molecule has 2 rings (SSSR count). The lowest BCUT2D eigenvalue weighted by Crippen LogP contribution is -2.37. The molecule has 0 aliphatic heterocycles. The molecule has 1 heterocycles.